The summed E-state index contributed by atoms with van der Waals surface area (Å²) in [5.74, 6) is -1.62. The zero-order valence-corrected chi connectivity index (χ0v) is 8.73. The molecule has 0 saturated heterocycles. The molecule has 0 radical (unpaired) electrons. The number of nitrogens with two attached hydrogens (primary N) is 1. The van der Waals surface area contributed by atoms with E-state index in [4.69, 9.17) is 15.9 Å². The van der Waals surface area contributed by atoms with Crippen LogP contribution in [0.2, 0.25) is 0 Å². The minimum atomic E-state index is -0.836. The molecule has 1 unspecified atom stereocenters. The van der Waals surface area contributed by atoms with Gasteiger partial charge in [0, 0.05) is 6.54 Å². The van der Waals surface area contributed by atoms with Gasteiger partial charge >= 0.3 is 11.9 Å². The summed E-state index contributed by atoms with van der Waals surface area (Å²) >= 11 is 0. The van der Waals surface area contributed by atoms with E-state index in [1.54, 1.807) is 25.9 Å². The third-order valence-electron chi connectivity index (χ3n) is 1.49. The zero-order chi connectivity index (χ0) is 11.7. The van der Waals surface area contributed by atoms with E-state index in [-0.39, 0.29) is 19.0 Å². The number of likely N-dealkylation sites (N-methyl/N-ethyl adjacent to an activating group) is 1. The predicted octanol–water partition coefficient (Wildman–Crippen LogP) is -0.559. The largest absolute Gasteiger partial charge is 0.481 e. The smallest absolute Gasteiger partial charge is 0.320 e. The molecule has 1 atom stereocenters. The number of nitrogens with zero attached hydrogens (tertiary/aromatic N) is 1. The number of carbonyl (C=O) groups is 2. The van der Waals surface area contributed by atoms with E-state index in [1.165, 1.54) is 0 Å². The predicted molar refractivity (Wildman–Crippen MR) is 52.1 cm³/mol. The first-order valence-electron chi connectivity index (χ1n) is 4.14. The Morgan fingerprint density at radius 2 is 1.79 bits per heavy atom. The molecule has 14 heavy (non-hydrogen) atoms. The van der Waals surface area contributed by atoms with Crippen molar-refractivity contribution in [3.8, 4) is 0 Å². The molecule has 0 aliphatic heterocycles. The number of hydrogen-bond donors (Lipinski definition) is 3. The molecule has 6 nitrogen and oxygen atoms in total. The van der Waals surface area contributed by atoms with E-state index < -0.39 is 11.9 Å². The Labute approximate surface area is 83.3 Å². The maximum Gasteiger partial charge on any atom is 0.320 e. The average molecular weight is 206 g/mol. The average Bonchev–Trinajstić information content (AvgIpc) is 2.03. The molecule has 0 bridgehead atoms. The SMILES string of the molecule is CC(C(=O)O)N(C)C.NCCC(=O)O. The number of hydrogen-bond acceptors (Lipinski definition) is 4. The summed E-state index contributed by atoms with van der Waals surface area (Å²) in [4.78, 5) is 21.3. The lowest BCUT2D eigenvalue weighted by Crippen LogP contribution is -2.32. The van der Waals surface area contributed by atoms with Gasteiger partial charge in [0.2, 0.25) is 0 Å². The highest BCUT2D eigenvalue weighted by Crippen LogP contribution is 1.88. The molecule has 0 amide bonds. The van der Waals surface area contributed by atoms with Crippen LogP contribution in [0.3, 0.4) is 0 Å². The van der Waals surface area contributed by atoms with Gasteiger partial charge in [0.1, 0.15) is 6.04 Å². The Bertz CT molecular complexity index is 182. The van der Waals surface area contributed by atoms with Crippen molar-refractivity contribution >= 4 is 11.9 Å². The van der Waals surface area contributed by atoms with Gasteiger partial charge in [-0.2, -0.15) is 0 Å². The Hall–Kier alpha value is -1.14. The second kappa shape index (κ2) is 8.46. The zero-order valence-electron chi connectivity index (χ0n) is 8.73. The van der Waals surface area contributed by atoms with Gasteiger partial charge < -0.3 is 15.9 Å². The summed E-state index contributed by atoms with van der Waals surface area (Å²) < 4.78 is 0. The van der Waals surface area contributed by atoms with Gasteiger partial charge in [-0.25, -0.2) is 0 Å². The molecule has 0 rings (SSSR count). The molecule has 0 aliphatic rings. The molecule has 0 fully saturated rings. The van der Waals surface area contributed by atoms with Crippen molar-refractivity contribution in [2.24, 2.45) is 5.73 Å². The van der Waals surface area contributed by atoms with Crippen LogP contribution < -0.4 is 5.73 Å². The van der Waals surface area contributed by atoms with Crippen LogP contribution in [-0.4, -0.2) is 53.7 Å². The molecule has 0 spiro atoms. The van der Waals surface area contributed by atoms with Gasteiger partial charge in [-0.05, 0) is 21.0 Å². The molecule has 84 valence electrons. The minimum Gasteiger partial charge on any atom is -0.481 e. The van der Waals surface area contributed by atoms with Gasteiger partial charge in [-0.3, -0.25) is 14.5 Å². The fraction of sp³-hybridized carbons (Fsp3) is 0.750. The van der Waals surface area contributed by atoms with E-state index >= 15 is 0 Å². The highest BCUT2D eigenvalue weighted by Gasteiger charge is 2.11. The topological polar surface area (TPSA) is 104 Å². The summed E-state index contributed by atoms with van der Waals surface area (Å²) in [6.45, 7) is 1.87. The Balaban J connectivity index is 0. The van der Waals surface area contributed by atoms with Gasteiger partial charge in [-0.15, -0.1) is 0 Å². The van der Waals surface area contributed by atoms with Crippen molar-refractivity contribution in [3.05, 3.63) is 0 Å². The Morgan fingerprint density at radius 1 is 1.36 bits per heavy atom. The molecule has 0 aromatic rings. The lowest BCUT2D eigenvalue weighted by atomic mass is 10.3. The highest BCUT2D eigenvalue weighted by molar-refractivity contribution is 5.72. The van der Waals surface area contributed by atoms with E-state index in [1.807, 2.05) is 0 Å². The molecule has 0 aromatic carbocycles. The molecular formula is C8H18N2O4. The standard InChI is InChI=1S/C5H11NO2.C3H7NO2/c1-4(5(7)8)6(2)3;4-2-1-3(5)6/h4H,1-3H3,(H,7,8);1-2,4H2,(H,5,6). The molecule has 4 N–H and O–H groups in total. The van der Waals surface area contributed by atoms with E-state index in [0.29, 0.717) is 0 Å². The van der Waals surface area contributed by atoms with Crippen molar-refractivity contribution in [1.29, 1.82) is 0 Å². The molecule has 0 saturated carbocycles. The van der Waals surface area contributed by atoms with E-state index in [0.717, 1.165) is 0 Å². The fourth-order valence-electron chi connectivity index (χ4n) is 0.344. The molecule has 0 aliphatic carbocycles. The maximum absolute atomic E-state index is 10.1. The van der Waals surface area contributed by atoms with Crippen LogP contribution in [0.5, 0.6) is 0 Å². The van der Waals surface area contributed by atoms with Crippen LogP contribution in [0, 0.1) is 0 Å². The summed E-state index contributed by atoms with van der Waals surface area (Å²) in [5, 5.41) is 16.1. The Kier molecular flexibility index (Phi) is 9.27. The fourth-order valence-corrected chi connectivity index (χ4v) is 0.344. The maximum atomic E-state index is 10.1. The second-order valence-corrected chi connectivity index (χ2v) is 2.91. The van der Waals surface area contributed by atoms with Crippen molar-refractivity contribution in [3.63, 3.8) is 0 Å². The normalized spacial score (nSPS) is 11.5. The first kappa shape index (κ1) is 15.3. The Morgan fingerprint density at radius 3 is 1.79 bits per heavy atom. The lowest BCUT2D eigenvalue weighted by Gasteiger charge is -2.13. The van der Waals surface area contributed by atoms with Crippen LogP contribution in [0.15, 0.2) is 0 Å². The van der Waals surface area contributed by atoms with Gasteiger partial charge in [-0.1, -0.05) is 0 Å². The lowest BCUT2D eigenvalue weighted by molar-refractivity contribution is -0.141. The van der Waals surface area contributed by atoms with Gasteiger partial charge in [0.15, 0.2) is 0 Å². The third-order valence-corrected chi connectivity index (χ3v) is 1.49. The summed E-state index contributed by atoms with van der Waals surface area (Å²) in [7, 11) is 3.47. The second-order valence-electron chi connectivity index (χ2n) is 2.91. The summed E-state index contributed by atoms with van der Waals surface area (Å²) in [6.07, 6.45) is 0.0694. The highest BCUT2D eigenvalue weighted by atomic mass is 16.4. The molecule has 0 heterocycles. The van der Waals surface area contributed by atoms with Crippen LogP contribution in [0.25, 0.3) is 0 Å². The molecular weight excluding hydrogens is 188 g/mol. The van der Waals surface area contributed by atoms with Crippen molar-refractivity contribution in [2.75, 3.05) is 20.6 Å². The van der Waals surface area contributed by atoms with Crippen LogP contribution >= 0.6 is 0 Å². The molecule has 0 aromatic heterocycles. The van der Waals surface area contributed by atoms with Crippen molar-refractivity contribution in [2.45, 2.75) is 19.4 Å². The minimum absolute atomic E-state index is 0.0694. The number of rotatable bonds is 4. The van der Waals surface area contributed by atoms with Gasteiger partial charge in [0.05, 0.1) is 6.42 Å². The van der Waals surface area contributed by atoms with E-state index in [9.17, 15) is 9.59 Å². The van der Waals surface area contributed by atoms with Crippen molar-refractivity contribution < 1.29 is 19.8 Å². The van der Waals surface area contributed by atoms with Crippen LogP contribution in [-0.2, 0) is 9.59 Å². The molecule has 6 heteroatoms. The number of aliphatic carboxylic acids is 2. The number of carboxylic acid groups (broad SMARTS) is 2. The van der Waals surface area contributed by atoms with E-state index in [2.05, 4.69) is 0 Å². The third kappa shape index (κ3) is 10.9. The van der Waals surface area contributed by atoms with Crippen LogP contribution in [0.4, 0.5) is 0 Å². The van der Waals surface area contributed by atoms with Crippen LogP contribution in [0.1, 0.15) is 13.3 Å². The summed E-state index contributed by atoms with van der Waals surface area (Å²) in [6, 6.07) is -0.380. The first-order valence-corrected chi connectivity index (χ1v) is 4.14. The monoisotopic (exact) mass is 206 g/mol. The summed E-state index contributed by atoms with van der Waals surface area (Å²) in [5.41, 5.74) is 4.85. The van der Waals surface area contributed by atoms with Crippen molar-refractivity contribution in [1.82, 2.24) is 4.90 Å². The first-order chi connectivity index (χ1) is 6.32. The quantitative estimate of drug-likeness (QED) is 0.569. The van der Waals surface area contributed by atoms with Gasteiger partial charge in [0.25, 0.3) is 0 Å². The number of carboxylic acids is 2.